The fourth-order valence-electron chi connectivity index (χ4n) is 5.50. The van der Waals surface area contributed by atoms with Crippen molar-refractivity contribution < 1.29 is 24.2 Å². The summed E-state index contributed by atoms with van der Waals surface area (Å²) < 4.78 is 10.9. The summed E-state index contributed by atoms with van der Waals surface area (Å²) in [4.78, 5) is 26.3. The molecule has 5 rings (SSSR count). The molecule has 38 heavy (non-hydrogen) atoms. The number of aliphatic hydroxyl groups is 1. The minimum Gasteiger partial charge on any atom is -0.484 e. The molecule has 1 saturated carbocycles. The molecule has 0 bridgehead atoms. The summed E-state index contributed by atoms with van der Waals surface area (Å²) >= 11 is 0. The van der Waals surface area contributed by atoms with Crippen molar-refractivity contribution in [2.24, 2.45) is 5.92 Å². The van der Waals surface area contributed by atoms with Gasteiger partial charge in [0.15, 0.2) is 0 Å². The zero-order chi connectivity index (χ0) is 26.5. The van der Waals surface area contributed by atoms with E-state index in [0.717, 1.165) is 36.8 Å². The Kier molecular flexibility index (Phi) is 7.94. The highest BCUT2D eigenvalue weighted by Crippen LogP contribution is 2.40. The summed E-state index contributed by atoms with van der Waals surface area (Å²) in [6.45, 7) is 0.0768. The lowest BCUT2D eigenvalue weighted by atomic mass is 9.77. The predicted molar refractivity (Wildman–Crippen MR) is 148 cm³/mol. The first-order chi connectivity index (χ1) is 18.5. The number of benzene rings is 3. The lowest BCUT2D eigenvalue weighted by Crippen LogP contribution is -2.46. The van der Waals surface area contributed by atoms with E-state index in [9.17, 15) is 14.7 Å². The first kappa shape index (κ1) is 25.8. The summed E-state index contributed by atoms with van der Waals surface area (Å²) in [5.41, 5.74) is 4.75. The molecule has 3 aromatic rings. The van der Waals surface area contributed by atoms with Crippen LogP contribution in [0.3, 0.4) is 0 Å². The van der Waals surface area contributed by atoms with E-state index in [2.05, 4.69) is 29.6 Å². The van der Waals surface area contributed by atoms with E-state index >= 15 is 0 Å². The number of hydrogen-bond acceptors (Lipinski definition) is 5. The number of rotatable bonds is 6. The molecule has 7 nitrogen and oxygen atoms in total. The zero-order valence-corrected chi connectivity index (χ0v) is 21.6. The third-order valence-corrected chi connectivity index (χ3v) is 7.65. The largest absolute Gasteiger partial charge is 0.484 e. The smallest absolute Gasteiger partial charge is 0.326 e. The maximum Gasteiger partial charge on any atom is 0.326 e. The number of hydrogen-bond donors (Lipinski definition) is 2. The Labute approximate surface area is 223 Å². The van der Waals surface area contributed by atoms with Crippen LogP contribution >= 0.6 is 0 Å². The molecule has 2 aliphatic rings. The molecule has 0 saturated heterocycles. The number of aliphatic hydroxyl groups excluding tert-OH is 1. The average Bonchev–Trinajstić information content (AvgIpc) is 2.97. The Bertz CT molecular complexity index is 1250. The maximum atomic E-state index is 13.1. The summed E-state index contributed by atoms with van der Waals surface area (Å²) in [5.74, 6) is 1.39. The van der Waals surface area contributed by atoms with Gasteiger partial charge in [0.2, 0.25) is 0 Å². The molecule has 0 spiro atoms. The highest BCUT2D eigenvalue weighted by atomic mass is 16.5. The molecule has 7 heteroatoms. The third-order valence-electron chi connectivity index (χ3n) is 7.65. The van der Waals surface area contributed by atoms with Gasteiger partial charge in [0.1, 0.15) is 11.9 Å². The van der Waals surface area contributed by atoms with E-state index in [1.807, 2.05) is 48.5 Å². The van der Waals surface area contributed by atoms with E-state index < -0.39 is 6.10 Å². The Hall–Kier alpha value is -3.84. The predicted octanol–water partition coefficient (Wildman–Crippen LogP) is 5.98. The number of esters is 1. The zero-order valence-electron chi connectivity index (χ0n) is 21.6. The molecule has 0 aromatic heterocycles. The van der Waals surface area contributed by atoms with Crippen LogP contribution in [-0.2, 0) is 9.53 Å². The number of methoxy groups -OCH3 is 1. The minimum absolute atomic E-state index is 0.114. The third kappa shape index (κ3) is 5.83. The van der Waals surface area contributed by atoms with Gasteiger partial charge >= 0.3 is 12.0 Å². The molecular weight excluding hydrogens is 480 g/mol. The van der Waals surface area contributed by atoms with Gasteiger partial charge in [0.05, 0.1) is 25.9 Å². The Morgan fingerprint density at radius 2 is 1.68 bits per heavy atom. The number of ether oxygens (including phenoxy) is 2. The van der Waals surface area contributed by atoms with Gasteiger partial charge in [-0.2, -0.15) is 0 Å². The van der Waals surface area contributed by atoms with E-state index in [4.69, 9.17) is 9.47 Å². The minimum atomic E-state index is -0.504. The van der Waals surface area contributed by atoms with Crippen molar-refractivity contribution in [3.8, 4) is 16.9 Å². The molecule has 0 radical (unpaired) electrons. The number of amides is 2. The average molecular weight is 515 g/mol. The molecule has 1 fully saturated rings. The normalized spacial score (nSPS) is 20.7. The van der Waals surface area contributed by atoms with E-state index in [1.54, 1.807) is 4.90 Å². The van der Waals surface area contributed by atoms with Crippen molar-refractivity contribution >= 4 is 23.4 Å². The van der Waals surface area contributed by atoms with Crippen molar-refractivity contribution in [2.45, 2.75) is 44.1 Å². The van der Waals surface area contributed by atoms with Crippen LogP contribution in [0.4, 0.5) is 16.2 Å². The molecule has 2 amide bonds. The van der Waals surface area contributed by atoms with Gasteiger partial charge in [-0.25, -0.2) is 4.79 Å². The van der Waals surface area contributed by atoms with Crippen LogP contribution in [0.1, 0.15) is 43.6 Å². The Balaban J connectivity index is 1.29. The number of anilines is 2. The lowest BCUT2D eigenvalue weighted by molar-refractivity contribution is -0.142. The first-order valence-electron chi connectivity index (χ1n) is 13.3. The van der Waals surface area contributed by atoms with Crippen LogP contribution in [-0.4, -0.2) is 43.5 Å². The number of carbonyl (C=O) groups excluding carboxylic acids is 2. The van der Waals surface area contributed by atoms with Crippen LogP contribution in [0.25, 0.3) is 11.1 Å². The number of carbonyl (C=O) groups is 2. The van der Waals surface area contributed by atoms with Crippen LogP contribution in [0.15, 0.2) is 72.8 Å². The van der Waals surface area contributed by atoms with Gasteiger partial charge in [-0.1, -0.05) is 48.5 Å². The summed E-state index contributed by atoms with van der Waals surface area (Å²) in [6.07, 6.45) is 4.27. The molecule has 2 N–H and O–H groups in total. The number of para-hydroxylation sites is 1. The number of nitrogens with zero attached hydrogens (tertiary/aromatic N) is 1. The highest BCUT2D eigenvalue weighted by Gasteiger charge is 2.30. The van der Waals surface area contributed by atoms with Crippen molar-refractivity contribution in [3.05, 3.63) is 78.4 Å². The topological polar surface area (TPSA) is 88.1 Å². The fourth-order valence-corrected chi connectivity index (χ4v) is 5.50. The first-order valence-corrected chi connectivity index (χ1v) is 13.3. The van der Waals surface area contributed by atoms with Gasteiger partial charge < -0.3 is 19.9 Å². The van der Waals surface area contributed by atoms with Crippen molar-refractivity contribution in [1.82, 2.24) is 0 Å². The van der Waals surface area contributed by atoms with Crippen LogP contribution < -0.4 is 15.0 Å². The van der Waals surface area contributed by atoms with Gasteiger partial charge in [-0.3, -0.25) is 9.69 Å². The van der Waals surface area contributed by atoms with Crippen LogP contribution in [0.5, 0.6) is 5.75 Å². The van der Waals surface area contributed by atoms with E-state index in [-0.39, 0.29) is 25.2 Å². The Morgan fingerprint density at radius 1 is 0.974 bits per heavy atom. The van der Waals surface area contributed by atoms with E-state index in [0.29, 0.717) is 35.4 Å². The monoisotopic (exact) mass is 514 g/mol. The molecule has 1 heterocycles. The molecule has 3 aromatic carbocycles. The molecule has 1 unspecified atom stereocenters. The molecular formula is C31H34N2O5. The van der Waals surface area contributed by atoms with Crippen molar-refractivity contribution in [1.29, 1.82) is 0 Å². The Morgan fingerprint density at radius 3 is 2.37 bits per heavy atom. The summed E-state index contributed by atoms with van der Waals surface area (Å²) in [6, 6.07) is 23.5. The van der Waals surface area contributed by atoms with Gasteiger partial charge in [0, 0.05) is 12.1 Å². The molecule has 1 aliphatic carbocycles. The van der Waals surface area contributed by atoms with Crippen LogP contribution in [0, 0.1) is 5.92 Å². The lowest BCUT2D eigenvalue weighted by Gasteiger charge is -2.34. The summed E-state index contributed by atoms with van der Waals surface area (Å²) in [7, 11) is 1.45. The van der Waals surface area contributed by atoms with Gasteiger partial charge in [-0.15, -0.1) is 0 Å². The van der Waals surface area contributed by atoms with Gasteiger partial charge in [0.25, 0.3) is 0 Å². The van der Waals surface area contributed by atoms with Gasteiger partial charge in [-0.05, 0) is 78.5 Å². The standard InChI is InChI=1S/C31H34N2O5/c1-37-30(35)17-21-7-9-22(10-8-21)23-11-13-24(14-12-23)25-15-16-28-29(18-25)38-27(20-34)19-33(28)31(36)32-26-5-3-2-4-6-26/h2-6,11-16,18,21-22,27,34H,7-10,17,19-20H2,1H3,(H,32,36). The second kappa shape index (κ2) is 11.7. The van der Waals surface area contributed by atoms with Crippen molar-refractivity contribution in [2.75, 3.05) is 30.5 Å². The SMILES string of the molecule is COC(=O)CC1CCC(c2ccc(-c3ccc4c(c3)OC(CO)CN4C(=O)Nc3ccccc3)cc2)CC1. The van der Waals surface area contributed by atoms with E-state index in [1.165, 1.54) is 12.7 Å². The number of urea groups is 1. The number of fused-ring (bicyclic) bond motifs is 1. The second-order valence-electron chi connectivity index (χ2n) is 10.1. The summed E-state index contributed by atoms with van der Waals surface area (Å²) in [5, 5.41) is 12.7. The maximum absolute atomic E-state index is 13.1. The molecule has 198 valence electrons. The highest BCUT2D eigenvalue weighted by molar-refractivity contribution is 6.03. The van der Waals surface area contributed by atoms with Crippen LogP contribution in [0.2, 0.25) is 0 Å². The van der Waals surface area contributed by atoms with Crippen molar-refractivity contribution in [3.63, 3.8) is 0 Å². The molecule has 1 aliphatic heterocycles. The number of nitrogens with one attached hydrogen (secondary N) is 1. The second-order valence-corrected chi connectivity index (χ2v) is 10.1. The quantitative estimate of drug-likeness (QED) is 0.395. The fraction of sp³-hybridized carbons (Fsp3) is 0.355. The molecule has 1 atom stereocenters.